The first-order valence-electron chi connectivity index (χ1n) is 14.5. The first kappa shape index (κ1) is 30.8. The van der Waals surface area contributed by atoms with E-state index in [2.05, 4.69) is 15.6 Å². The topological polar surface area (TPSA) is 150 Å². The van der Waals surface area contributed by atoms with Gasteiger partial charge in [-0.2, -0.15) is 0 Å². The number of aromatic nitrogens is 1. The van der Waals surface area contributed by atoms with Crippen LogP contribution < -0.4 is 15.4 Å². The summed E-state index contributed by atoms with van der Waals surface area (Å²) in [4.78, 5) is 58.0. The number of carbonyl (C=O) groups excluding carboxylic acids is 3. The fourth-order valence-corrected chi connectivity index (χ4v) is 5.03. The van der Waals surface area contributed by atoms with Crippen molar-refractivity contribution in [1.82, 2.24) is 25.4 Å². The van der Waals surface area contributed by atoms with E-state index in [1.54, 1.807) is 19.1 Å². The second-order valence-electron chi connectivity index (χ2n) is 10.4. The van der Waals surface area contributed by atoms with E-state index < -0.39 is 29.9 Å². The molecule has 0 aliphatic carbocycles. The van der Waals surface area contributed by atoms with Crippen molar-refractivity contribution in [2.45, 2.75) is 38.6 Å². The summed E-state index contributed by atoms with van der Waals surface area (Å²) in [6, 6.07) is 11.7. The molecular formula is C30H39N5O7. The van der Waals surface area contributed by atoms with E-state index >= 15 is 0 Å². The summed E-state index contributed by atoms with van der Waals surface area (Å²) in [6.45, 7) is 5.42. The molecule has 0 radical (unpaired) electrons. The molecule has 2 saturated heterocycles. The lowest BCUT2D eigenvalue weighted by atomic mass is 9.99. The van der Waals surface area contributed by atoms with Crippen molar-refractivity contribution < 1.29 is 33.8 Å². The molecule has 3 N–H and O–H groups in total. The Morgan fingerprint density at radius 3 is 2.40 bits per heavy atom. The highest BCUT2D eigenvalue weighted by molar-refractivity contribution is 5.97. The second kappa shape index (κ2) is 15.2. The van der Waals surface area contributed by atoms with E-state index in [1.807, 2.05) is 30.3 Å². The average Bonchev–Trinajstić information content (AvgIpc) is 3.02. The molecule has 0 saturated carbocycles. The lowest BCUT2D eigenvalue weighted by molar-refractivity contribution is -0.138. The number of carbonyl (C=O) groups is 4. The predicted molar refractivity (Wildman–Crippen MR) is 154 cm³/mol. The van der Waals surface area contributed by atoms with E-state index in [9.17, 15) is 24.3 Å². The van der Waals surface area contributed by atoms with Crippen LogP contribution in [0.3, 0.4) is 0 Å². The standard InChI is InChI=1S/C30H39N5O7/c1-2-41-30(40)35-16-14-34(15-17-35)29(39)24(8-9-27(36)37)33-28(38)26-19-23(42-20-21-10-12-31-13-11-21)18-25(32-26)22-6-4-3-5-7-22/h3-7,18-19,21,24,31H,2,8-17,20H2,1H3,(H,33,38)(H,36,37)/t24-/m0/s1. The number of nitrogens with one attached hydrogen (secondary N) is 2. The van der Waals surface area contributed by atoms with Crippen molar-refractivity contribution >= 4 is 23.9 Å². The van der Waals surface area contributed by atoms with Gasteiger partial charge in [0.15, 0.2) is 0 Å². The molecule has 1 aromatic heterocycles. The van der Waals surface area contributed by atoms with E-state index in [0.29, 0.717) is 24.0 Å². The van der Waals surface area contributed by atoms with Gasteiger partial charge in [-0.15, -0.1) is 0 Å². The molecule has 0 spiro atoms. The highest BCUT2D eigenvalue weighted by Gasteiger charge is 2.31. The third-order valence-corrected chi connectivity index (χ3v) is 7.41. The Bertz CT molecular complexity index is 1230. The van der Waals surface area contributed by atoms with E-state index in [0.717, 1.165) is 31.5 Å². The van der Waals surface area contributed by atoms with Crippen molar-refractivity contribution in [2.75, 3.05) is 52.5 Å². The van der Waals surface area contributed by atoms with Crippen LogP contribution in [0, 0.1) is 5.92 Å². The van der Waals surface area contributed by atoms with Gasteiger partial charge in [0, 0.05) is 50.3 Å². The number of carboxylic acid groups (broad SMARTS) is 1. The molecule has 2 aromatic rings. The highest BCUT2D eigenvalue weighted by Crippen LogP contribution is 2.25. The molecule has 2 aliphatic heterocycles. The average molecular weight is 582 g/mol. The number of hydrogen-bond donors (Lipinski definition) is 3. The van der Waals surface area contributed by atoms with Gasteiger partial charge in [-0.3, -0.25) is 14.4 Å². The molecule has 4 rings (SSSR count). The zero-order valence-electron chi connectivity index (χ0n) is 23.9. The van der Waals surface area contributed by atoms with Gasteiger partial charge in [-0.25, -0.2) is 9.78 Å². The van der Waals surface area contributed by atoms with Gasteiger partial charge in [0.2, 0.25) is 5.91 Å². The highest BCUT2D eigenvalue weighted by atomic mass is 16.6. The number of pyridine rings is 1. The van der Waals surface area contributed by atoms with Gasteiger partial charge >= 0.3 is 12.1 Å². The van der Waals surface area contributed by atoms with Crippen LogP contribution in [0.5, 0.6) is 5.75 Å². The largest absolute Gasteiger partial charge is 0.493 e. The van der Waals surface area contributed by atoms with Gasteiger partial charge < -0.3 is 35.0 Å². The summed E-state index contributed by atoms with van der Waals surface area (Å²) >= 11 is 0. The Kier molecular flexibility index (Phi) is 11.1. The zero-order chi connectivity index (χ0) is 29.9. The van der Waals surface area contributed by atoms with Gasteiger partial charge in [0.25, 0.3) is 5.91 Å². The van der Waals surface area contributed by atoms with Crippen LogP contribution in [0.1, 0.15) is 43.1 Å². The third-order valence-electron chi connectivity index (χ3n) is 7.41. The summed E-state index contributed by atoms with van der Waals surface area (Å²) in [7, 11) is 0. The molecule has 0 bridgehead atoms. The van der Waals surface area contributed by atoms with Crippen LogP contribution in [0.2, 0.25) is 0 Å². The van der Waals surface area contributed by atoms with Crippen LogP contribution in [-0.2, 0) is 14.3 Å². The van der Waals surface area contributed by atoms with Gasteiger partial charge in [-0.05, 0) is 45.2 Å². The maximum atomic E-state index is 13.5. The minimum atomic E-state index is -1.08. The SMILES string of the molecule is CCOC(=O)N1CCN(C(=O)[C@H](CCC(=O)O)NC(=O)c2cc(OCC3CCNCC3)cc(-c3ccccc3)n2)CC1. The molecule has 2 aliphatic rings. The fraction of sp³-hybridized carbons (Fsp3) is 0.500. The Balaban J connectivity index is 1.50. The number of aliphatic carboxylic acids is 1. The molecule has 1 atom stereocenters. The third kappa shape index (κ3) is 8.65. The maximum absolute atomic E-state index is 13.5. The normalized spacial score (nSPS) is 16.4. The van der Waals surface area contributed by atoms with E-state index in [1.165, 1.54) is 9.80 Å². The van der Waals surface area contributed by atoms with Crippen molar-refractivity contribution in [3.8, 4) is 17.0 Å². The number of amides is 3. The summed E-state index contributed by atoms with van der Waals surface area (Å²) in [6.07, 6.45) is 1.18. The fourth-order valence-electron chi connectivity index (χ4n) is 5.03. The van der Waals surface area contributed by atoms with Crippen molar-refractivity contribution in [2.24, 2.45) is 5.92 Å². The molecule has 226 valence electrons. The Morgan fingerprint density at radius 1 is 1.05 bits per heavy atom. The van der Waals surface area contributed by atoms with Crippen LogP contribution in [0.15, 0.2) is 42.5 Å². The van der Waals surface area contributed by atoms with E-state index in [4.69, 9.17) is 9.47 Å². The number of benzene rings is 1. The maximum Gasteiger partial charge on any atom is 0.409 e. The number of hydrogen-bond acceptors (Lipinski definition) is 8. The van der Waals surface area contributed by atoms with Crippen LogP contribution in [0.25, 0.3) is 11.3 Å². The molecule has 0 unspecified atom stereocenters. The van der Waals surface area contributed by atoms with Crippen LogP contribution in [0.4, 0.5) is 4.79 Å². The van der Waals surface area contributed by atoms with Gasteiger partial charge in [0.05, 0.1) is 18.9 Å². The first-order valence-corrected chi connectivity index (χ1v) is 14.5. The molecule has 3 heterocycles. The molecule has 1 aromatic carbocycles. The predicted octanol–water partition coefficient (Wildman–Crippen LogP) is 2.39. The number of carboxylic acids is 1. The molecular weight excluding hydrogens is 542 g/mol. The molecule has 3 amide bonds. The second-order valence-corrected chi connectivity index (χ2v) is 10.4. The summed E-state index contributed by atoms with van der Waals surface area (Å²) in [5.74, 6) is -1.19. The van der Waals surface area contributed by atoms with Gasteiger partial charge in [-0.1, -0.05) is 30.3 Å². The Hall–Kier alpha value is -4.19. The van der Waals surface area contributed by atoms with Crippen LogP contribution in [-0.4, -0.2) is 102 Å². The van der Waals surface area contributed by atoms with Crippen LogP contribution >= 0.6 is 0 Å². The Morgan fingerprint density at radius 2 is 1.74 bits per heavy atom. The first-order chi connectivity index (χ1) is 20.3. The van der Waals surface area contributed by atoms with Crippen molar-refractivity contribution in [3.63, 3.8) is 0 Å². The van der Waals surface area contributed by atoms with E-state index in [-0.39, 0.29) is 51.3 Å². The summed E-state index contributed by atoms with van der Waals surface area (Å²) in [5, 5.41) is 15.4. The quantitative estimate of drug-likeness (QED) is 0.363. The lowest BCUT2D eigenvalue weighted by Crippen LogP contribution is -2.56. The minimum Gasteiger partial charge on any atom is -0.493 e. The number of nitrogens with zero attached hydrogens (tertiary/aromatic N) is 3. The lowest BCUT2D eigenvalue weighted by Gasteiger charge is -2.35. The zero-order valence-corrected chi connectivity index (χ0v) is 23.9. The number of ether oxygens (including phenoxy) is 2. The molecule has 12 nitrogen and oxygen atoms in total. The summed E-state index contributed by atoms with van der Waals surface area (Å²) in [5.41, 5.74) is 1.42. The minimum absolute atomic E-state index is 0.0666. The Labute approximate surface area is 245 Å². The number of rotatable bonds is 11. The number of piperidine rings is 1. The molecule has 12 heteroatoms. The smallest absolute Gasteiger partial charge is 0.409 e. The summed E-state index contributed by atoms with van der Waals surface area (Å²) < 4.78 is 11.2. The molecule has 2 fully saturated rings. The monoisotopic (exact) mass is 581 g/mol. The molecule has 42 heavy (non-hydrogen) atoms. The van der Waals surface area contributed by atoms with Crippen molar-refractivity contribution in [1.29, 1.82) is 0 Å². The van der Waals surface area contributed by atoms with Crippen molar-refractivity contribution in [3.05, 3.63) is 48.2 Å². The van der Waals surface area contributed by atoms with Gasteiger partial charge in [0.1, 0.15) is 17.5 Å². The number of piperazine rings is 1.